The molecular formula is C47H29Cl4N7O5. The number of halogens is 4. The zero-order chi connectivity index (χ0) is 44.2. The average Bonchev–Trinajstić information content (AvgIpc) is 3.28. The summed E-state index contributed by atoms with van der Waals surface area (Å²) in [6, 6.07) is 36.1. The first kappa shape index (κ1) is 42.3. The Labute approximate surface area is 379 Å². The van der Waals surface area contributed by atoms with Gasteiger partial charge in [0.15, 0.2) is 0 Å². The monoisotopic (exact) mass is 911 g/mol. The van der Waals surface area contributed by atoms with E-state index in [0.29, 0.717) is 76.3 Å². The third-order valence-corrected chi connectivity index (χ3v) is 10.8. The molecule has 0 spiro atoms. The van der Waals surface area contributed by atoms with Crippen molar-refractivity contribution in [1.82, 2.24) is 0 Å². The van der Waals surface area contributed by atoms with Crippen molar-refractivity contribution in [2.24, 2.45) is 15.2 Å². The van der Waals surface area contributed by atoms with E-state index in [2.05, 4.69) is 36.7 Å². The second kappa shape index (κ2) is 18.3. The average molecular weight is 914 g/mol. The van der Waals surface area contributed by atoms with Gasteiger partial charge in [-0.2, -0.15) is 10.2 Å². The molecule has 0 aliphatic heterocycles. The van der Waals surface area contributed by atoms with Crippen LogP contribution in [0.4, 0.5) is 28.4 Å². The predicted octanol–water partition coefficient (Wildman–Crippen LogP) is 10.8. The van der Waals surface area contributed by atoms with Gasteiger partial charge in [-0.15, -0.1) is 0 Å². The van der Waals surface area contributed by atoms with Crippen LogP contribution in [0.25, 0.3) is 12.2 Å². The summed E-state index contributed by atoms with van der Waals surface area (Å²) in [4.78, 5) is 58.5. The Kier molecular flexibility index (Phi) is 12.3. The Balaban J connectivity index is 0.920. The first-order chi connectivity index (χ1) is 30.4. The molecule has 6 aromatic carbocycles. The lowest BCUT2D eigenvalue weighted by Crippen LogP contribution is -2.30. The number of hydrogen-bond donors (Lipinski definition) is 5. The molecule has 0 heterocycles. The summed E-state index contributed by atoms with van der Waals surface area (Å²) >= 11 is 24.8. The molecule has 0 atom stereocenters. The predicted molar refractivity (Wildman–Crippen MR) is 251 cm³/mol. The maximum Gasteiger partial charge on any atom is 0.259 e. The molecule has 0 bridgehead atoms. The van der Waals surface area contributed by atoms with Gasteiger partial charge in [0.1, 0.15) is 11.4 Å². The fraction of sp³-hybridized carbons (Fsp3) is 0. The van der Waals surface area contributed by atoms with Crippen LogP contribution in [-0.2, 0) is 19.2 Å². The summed E-state index contributed by atoms with van der Waals surface area (Å²) in [5.41, 5.74) is 9.80. The summed E-state index contributed by atoms with van der Waals surface area (Å²) < 4.78 is 0. The number of nitrogens with one attached hydrogen (secondary N) is 4. The van der Waals surface area contributed by atoms with Crippen LogP contribution in [0, 0.1) is 0 Å². The van der Waals surface area contributed by atoms with Crippen molar-refractivity contribution in [3.63, 3.8) is 0 Å². The fourth-order valence-electron chi connectivity index (χ4n) is 6.48. The summed E-state index contributed by atoms with van der Waals surface area (Å²) in [6.07, 6.45) is 3.00. The SMILES string of the molecule is O=C(Nc1ccc(C(O)=Nc2ccc(NC(=O)C3=Cc4ccccc4/C(=N\Nc4cc(Cl)ccc4Cl)C3=O)cc2)cc1)C1=Cc2ccccc2/C(=N/Nc2cc(Cl)ccc2Cl)C1=O. The van der Waals surface area contributed by atoms with Crippen LogP contribution in [0.1, 0.15) is 27.8 Å². The standard InChI is InChI=1S/C47H29Cl4N7O5/c48-28-11-19-37(50)39(23-28)55-57-41-33-7-3-1-5-26(33)21-35(43(41)59)46(62)53-30-13-9-25(10-14-30)45(61)52-31-15-17-32(18-16-31)54-47(63)36-22-27-6-2-4-8-34(27)42(44(36)60)58-56-40-24-29(49)12-20-38(40)51/h1-24,55-56H,(H,52,61)(H,53,62)(H,54,63)/b57-41-,58-42+. The molecular weight excluding hydrogens is 884 g/mol. The van der Waals surface area contributed by atoms with Gasteiger partial charge in [-0.1, -0.05) is 94.9 Å². The van der Waals surface area contributed by atoms with E-state index in [0.717, 1.165) is 0 Å². The second-order valence-corrected chi connectivity index (χ2v) is 15.5. The zero-order valence-electron chi connectivity index (χ0n) is 32.3. The lowest BCUT2D eigenvalue weighted by Gasteiger charge is -2.18. The molecule has 2 aliphatic rings. The zero-order valence-corrected chi connectivity index (χ0v) is 35.3. The lowest BCUT2D eigenvalue weighted by molar-refractivity contribution is -0.118. The van der Waals surface area contributed by atoms with Gasteiger partial charge in [0.2, 0.25) is 17.5 Å². The molecule has 0 aromatic heterocycles. The third-order valence-electron chi connectivity index (χ3n) is 9.63. The first-order valence-corrected chi connectivity index (χ1v) is 20.3. The van der Waals surface area contributed by atoms with Gasteiger partial charge < -0.3 is 15.7 Å². The number of anilines is 4. The normalized spacial score (nSPS) is 14.6. The molecule has 0 unspecified atom stereocenters. The van der Waals surface area contributed by atoms with Crippen LogP contribution < -0.4 is 21.5 Å². The number of hydrogen-bond acceptors (Lipinski definition) is 9. The number of Topliss-reactive ketones (excluding diaryl/α,β-unsaturated/α-hetero) is 2. The first-order valence-electron chi connectivity index (χ1n) is 18.8. The molecule has 2 aliphatic carbocycles. The highest BCUT2D eigenvalue weighted by Crippen LogP contribution is 2.30. The Morgan fingerprint density at radius 2 is 0.952 bits per heavy atom. The van der Waals surface area contributed by atoms with E-state index in [9.17, 15) is 24.3 Å². The van der Waals surface area contributed by atoms with Gasteiger partial charge in [-0.05, 0) is 108 Å². The number of nitrogens with zero attached hydrogens (tertiary/aromatic N) is 3. The molecule has 12 nitrogen and oxygen atoms in total. The number of fused-ring (bicyclic) bond motifs is 2. The van der Waals surface area contributed by atoms with E-state index in [1.165, 1.54) is 12.2 Å². The third kappa shape index (κ3) is 9.44. The molecule has 0 saturated carbocycles. The van der Waals surface area contributed by atoms with Crippen molar-refractivity contribution in [1.29, 1.82) is 0 Å². The number of rotatable bonds is 10. The number of amides is 2. The Hall–Kier alpha value is -7.35. The molecule has 16 heteroatoms. The quantitative estimate of drug-likeness (QED) is 0.0393. The molecule has 5 N–H and O–H groups in total. The highest BCUT2D eigenvalue weighted by Gasteiger charge is 2.32. The molecule has 310 valence electrons. The number of carbonyl (C=O) groups is 4. The Morgan fingerprint density at radius 1 is 0.524 bits per heavy atom. The Bertz CT molecular complexity index is 3030. The summed E-state index contributed by atoms with van der Waals surface area (Å²) in [5.74, 6) is -2.86. The minimum absolute atomic E-state index is 0.0126. The van der Waals surface area contributed by atoms with Crippen molar-refractivity contribution < 1.29 is 24.3 Å². The second-order valence-electron chi connectivity index (χ2n) is 13.8. The van der Waals surface area contributed by atoms with Gasteiger partial charge in [0, 0.05) is 38.1 Å². The molecule has 0 fully saturated rings. The van der Waals surface area contributed by atoms with Gasteiger partial charge >= 0.3 is 0 Å². The van der Waals surface area contributed by atoms with Crippen LogP contribution in [-0.4, -0.2) is 45.8 Å². The highest BCUT2D eigenvalue weighted by atomic mass is 35.5. The highest BCUT2D eigenvalue weighted by molar-refractivity contribution is 6.60. The van der Waals surface area contributed by atoms with Gasteiger partial charge in [0.05, 0.1) is 38.3 Å². The molecule has 0 radical (unpaired) electrons. The summed E-state index contributed by atoms with van der Waals surface area (Å²) in [7, 11) is 0. The van der Waals surface area contributed by atoms with Gasteiger partial charge in [-0.3, -0.25) is 30.0 Å². The maximum atomic E-state index is 13.6. The smallest absolute Gasteiger partial charge is 0.259 e. The van der Waals surface area contributed by atoms with E-state index in [4.69, 9.17) is 46.4 Å². The van der Waals surface area contributed by atoms with E-state index in [1.54, 1.807) is 133 Å². The van der Waals surface area contributed by atoms with Crippen LogP contribution in [0.5, 0.6) is 0 Å². The molecule has 63 heavy (non-hydrogen) atoms. The number of aliphatic imine (C=N–C) groups is 1. The summed E-state index contributed by atoms with van der Waals surface area (Å²) in [5, 5.41) is 26.5. The van der Waals surface area contributed by atoms with Crippen LogP contribution in [0.15, 0.2) is 160 Å². The van der Waals surface area contributed by atoms with E-state index >= 15 is 0 Å². The largest absolute Gasteiger partial charge is 0.493 e. The molecule has 2 amide bonds. The summed E-state index contributed by atoms with van der Waals surface area (Å²) in [6.45, 7) is 0. The van der Waals surface area contributed by atoms with Crippen LogP contribution in [0.2, 0.25) is 20.1 Å². The van der Waals surface area contributed by atoms with Gasteiger partial charge in [-0.25, -0.2) is 4.99 Å². The van der Waals surface area contributed by atoms with E-state index in [1.807, 2.05) is 0 Å². The number of hydrazone groups is 2. The minimum atomic E-state index is -0.667. The Morgan fingerprint density at radius 3 is 1.41 bits per heavy atom. The molecule has 0 saturated heterocycles. The van der Waals surface area contributed by atoms with Crippen molar-refractivity contribution in [2.75, 3.05) is 21.5 Å². The van der Waals surface area contributed by atoms with Crippen molar-refractivity contribution in [3.05, 3.63) is 193 Å². The van der Waals surface area contributed by atoms with Gasteiger partial charge in [0.25, 0.3) is 11.8 Å². The van der Waals surface area contributed by atoms with Crippen molar-refractivity contribution >= 4 is 128 Å². The minimum Gasteiger partial charge on any atom is -0.493 e. The number of aliphatic hydroxyl groups is 1. The topological polar surface area (TPSA) is 174 Å². The van der Waals surface area contributed by atoms with Crippen LogP contribution >= 0.6 is 46.4 Å². The number of ketones is 2. The van der Waals surface area contributed by atoms with E-state index in [-0.39, 0.29) is 28.5 Å². The fourth-order valence-corrected chi connectivity index (χ4v) is 7.15. The lowest BCUT2D eigenvalue weighted by atomic mass is 9.89. The number of carbonyl (C=O) groups excluding carboxylic acids is 4. The van der Waals surface area contributed by atoms with Crippen molar-refractivity contribution in [3.8, 4) is 0 Å². The maximum absolute atomic E-state index is 13.6. The molecule has 8 rings (SSSR count). The van der Waals surface area contributed by atoms with E-state index < -0.39 is 23.4 Å². The van der Waals surface area contributed by atoms with Crippen molar-refractivity contribution in [2.45, 2.75) is 0 Å². The van der Waals surface area contributed by atoms with Crippen LogP contribution in [0.3, 0.4) is 0 Å². The number of benzene rings is 6. The molecule has 6 aromatic rings. The number of aliphatic hydroxyl groups excluding tert-OH is 1.